The third-order valence-electron chi connectivity index (χ3n) is 3.49. The quantitative estimate of drug-likeness (QED) is 0.516. The Bertz CT molecular complexity index is 744. The van der Waals surface area contributed by atoms with Gasteiger partial charge in [0, 0.05) is 18.2 Å². The van der Waals surface area contributed by atoms with Gasteiger partial charge in [-0.25, -0.2) is 15.0 Å². The van der Waals surface area contributed by atoms with E-state index in [2.05, 4.69) is 15.0 Å². The zero-order valence-corrected chi connectivity index (χ0v) is 15.6. The smallest absolute Gasteiger partial charge is 0.495 e. The highest BCUT2D eigenvalue weighted by atomic mass is 16.7. The molecule has 3 heterocycles. The highest BCUT2D eigenvalue weighted by molar-refractivity contribution is 6.39. The molecule has 10 heteroatoms. The summed E-state index contributed by atoms with van der Waals surface area (Å²) in [5, 5.41) is 0. The predicted octanol–water partition coefficient (Wildman–Crippen LogP) is 2.42. The number of rotatable bonds is 9. The van der Waals surface area contributed by atoms with Crippen molar-refractivity contribution in [1.82, 2.24) is 15.0 Å². The summed E-state index contributed by atoms with van der Waals surface area (Å²) in [6.45, 7) is 0. The first-order chi connectivity index (χ1) is 13.7. The Kier molecular flexibility index (Phi) is 6.35. The fourth-order valence-corrected chi connectivity index (χ4v) is 2.04. The lowest BCUT2D eigenvalue weighted by Crippen LogP contribution is -2.37. The summed E-state index contributed by atoms with van der Waals surface area (Å²) >= 11 is 0. The molecule has 144 valence electrons. The van der Waals surface area contributed by atoms with Crippen LogP contribution in [-0.4, -0.2) is 43.6 Å². The molecule has 9 nitrogen and oxygen atoms in total. The Morgan fingerprint density at radius 1 is 0.536 bits per heavy atom. The number of aromatic nitrogens is 3. The van der Waals surface area contributed by atoms with Gasteiger partial charge in [0.15, 0.2) is 0 Å². The fraction of sp³-hybridized carbons (Fsp3) is 0.167. The second-order valence-corrected chi connectivity index (χ2v) is 5.25. The van der Waals surface area contributed by atoms with E-state index in [0.717, 1.165) is 0 Å². The summed E-state index contributed by atoms with van der Waals surface area (Å²) in [5.41, 5.74) is 0. The van der Waals surface area contributed by atoms with Crippen molar-refractivity contribution in [2.45, 2.75) is 0 Å². The van der Waals surface area contributed by atoms with Crippen LogP contribution in [0.25, 0.3) is 0 Å². The summed E-state index contributed by atoms with van der Waals surface area (Å²) in [7, 11) is 3.47. The molecule has 0 aliphatic heterocycles. The zero-order chi connectivity index (χ0) is 19.8. The van der Waals surface area contributed by atoms with Crippen LogP contribution in [-0.2, 0) is 0 Å². The molecule has 0 saturated heterocycles. The van der Waals surface area contributed by atoms with Gasteiger partial charge in [-0.1, -0.05) is 0 Å². The third-order valence-corrected chi connectivity index (χ3v) is 3.49. The molecular weight excluding hydrogens is 365 g/mol. The minimum atomic E-state index is -1.19. The van der Waals surface area contributed by atoms with E-state index in [9.17, 15) is 0 Å². The molecule has 0 amide bonds. The fourth-order valence-electron chi connectivity index (χ4n) is 2.04. The molecule has 0 spiro atoms. The van der Waals surface area contributed by atoms with Crippen molar-refractivity contribution in [1.29, 1.82) is 0 Å². The van der Waals surface area contributed by atoms with Crippen LogP contribution in [0.3, 0.4) is 0 Å². The van der Waals surface area contributed by atoms with Gasteiger partial charge in [-0.3, -0.25) is 0 Å². The van der Waals surface area contributed by atoms with Crippen molar-refractivity contribution < 1.29 is 28.2 Å². The minimum absolute atomic E-state index is 0.271. The van der Waals surface area contributed by atoms with E-state index < -0.39 is 7.32 Å². The van der Waals surface area contributed by atoms with Crippen molar-refractivity contribution in [2.75, 3.05) is 21.3 Å². The number of hydrogen-bond donors (Lipinski definition) is 0. The maximum atomic E-state index is 5.68. The van der Waals surface area contributed by atoms with Gasteiger partial charge in [-0.05, 0) is 18.2 Å². The van der Waals surface area contributed by atoms with Gasteiger partial charge in [-0.15, -0.1) is 0 Å². The molecule has 0 saturated carbocycles. The van der Waals surface area contributed by atoms with Crippen molar-refractivity contribution >= 4 is 7.32 Å². The molecule has 0 aromatic carbocycles. The summed E-state index contributed by atoms with van der Waals surface area (Å²) in [6.07, 6.45) is 4.55. The SMILES string of the molecule is COc1ccc(OB(Oc2ccc(OC)cn2)Oc2ccc(OC)cn2)nc1. The average molecular weight is 383 g/mol. The Hall–Kier alpha value is -3.69. The zero-order valence-electron chi connectivity index (χ0n) is 15.6. The number of nitrogens with zero attached hydrogens (tertiary/aromatic N) is 3. The van der Waals surface area contributed by atoms with Gasteiger partial charge in [0.1, 0.15) is 17.2 Å². The second-order valence-electron chi connectivity index (χ2n) is 5.25. The van der Waals surface area contributed by atoms with E-state index in [0.29, 0.717) is 17.2 Å². The first kappa shape index (κ1) is 19.1. The van der Waals surface area contributed by atoms with E-state index in [1.807, 2.05) is 0 Å². The molecule has 0 aliphatic carbocycles. The lowest BCUT2D eigenvalue weighted by molar-refractivity contribution is 0.291. The maximum absolute atomic E-state index is 5.68. The number of hydrogen-bond acceptors (Lipinski definition) is 9. The van der Waals surface area contributed by atoms with Crippen molar-refractivity contribution in [2.24, 2.45) is 0 Å². The summed E-state index contributed by atoms with van der Waals surface area (Å²) in [4.78, 5) is 12.4. The number of ether oxygens (including phenoxy) is 3. The first-order valence-electron chi connectivity index (χ1n) is 8.20. The molecule has 0 bridgehead atoms. The van der Waals surface area contributed by atoms with Crippen LogP contribution in [0.1, 0.15) is 0 Å². The molecule has 0 unspecified atom stereocenters. The Morgan fingerprint density at radius 3 is 1.07 bits per heavy atom. The van der Waals surface area contributed by atoms with E-state index in [1.54, 1.807) is 57.7 Å². The van der Waals surface area contributed by atoms with Crippen molar-refractivity contribution in [3.8, 4) is 34.9 Å². The topological polar surface area (TPSA) is 94.1 Å². The number of methoxy groups -OCH3 is 3. The molecule has 3 aromatic rings. The van der Waals surface area contributed by atoms with Gasteiger partial charge < -0.3 is 28.2 Å². The molecule has 0 aliphatic rings. The Balaban J connectivity index is 1.76. The lowest BCUT2D eigenvalue weighted by atomic mass is 10.2. The molecule has 0 atom stereocenters. The van der Waals surface area contributed by atoms with Crippen LogP contribution in [0.15, 0.2) is 55.0 Å². The van der Waals surface area contributed by atoms with Crippen LogP contribution >= 0.6 is 0 Å². The Morgan fingerprint density at radius 2 is 0.857 bits per heavy atom. The summed E-state index contributed by atoms with van der Waals surface area (Å²) in [5.74, 6) is 2.60. The van der Waals surface area contributed by atoms with Crippen LogP contribution in [0.4, 0.5) is 0 Å². The van der Waals surface area contributed by atoms with Crippen LogP contribution < -0.4 is 28.2 Å². The molecule has 3 aromatic heterocycles. The molecule has 3 rings (SSSR count). The largest absolute Gasteiger partial charge is 0.867 e. The molecular formula is C18H18BN3O6. The normalized spacial score (nSPS) is 9.96. The third kappa shape index (κ3) is 5.16. The predicted molar refractivity (Wildman–Crippen MR) is 100 cm³/mol. The van der Waals surface area contributed by atoms with Gasteiger partial charge in [-0.2, -0.15) is 0 Å². The minimum Gasteiger partial charge on any atom is -0.495 e. The van der Waals surface area contributed by atoms with Crippen molar-refractivity contribution in [3.63, 3.8) is 0 Å². The maximum Gasteiger partial charge on any atom is 0.867 e. The average Bonchev–Trinajstić information content (AvgIpc) is 2.75. The number of pyridine rings is 3. The van der Waals surface area contributed by atoms with Crippen LogP contribution in [0, 0.1) is 0 Å². The highest BCUT2D eigenvalue weighted by Crippen LogP contribution is 2.19. The molecule has 0 fully saturated rings. The van der Waals surface area contributed by atoms with Crippen LogP contribution in [0.2, 0.25) is 0 Å². The van der Waals surface area contributed by atoms with Gasteiger partial charge >= 0.3 is 7.32 Å². The monoisotopic (exact) mass is 383 g/mol. The standard InChI is InChI=1S/C18H18BN3O6/c1-23-13-4-7-16(20-10-13)26-19(27-17-8-5-14(24-2)11-21-17)28-18-9-6-15(25-3)12-22-18/h4-12H,1-3H3. The first-order valence-corrected chi connectivity index (χ1v) is 8.20. The van der Waals surface area contributed by atoms with Gasteiger partial charge in [0.2, 0.25) is 17.6 Å². The molecule has 0 N–H and O–H groups in total. The second kappa shape index (κ2) is 9.31. The van der Waals surface area contributed by atoms with E-state index in [1.165, 1.54) is 18.6 Å². The van der Waals surface area contributed by atoms with Gasteiger partial charge in [0.05, 0.1) is 39.9 Å². The van der Waals surface area contributed by atoms with Gasteiger partial charge in [0.25, 0.3) is 0 Å². The summed E-state index contributed by atoms with van der Waals surface area (Å²) in [6, 6.07) is 9.99. The van der Waals surface area contributed by atoms with E-state index >= 15 is 0 Å². The van der Waals surface area contributed by atoms with E-state index in [4.69, 9.17) is 28.2 Å². The Labute approximate surface area is 162 Å². The molecule has 28 heavy (non-hydrogen) atoms. The lowest BCUT2D eigenvalue weighted by Gasteiger charge is -2.15. The highest BCUT2D eigenvalue weighted by Gasteiger charge is 2.32. The van der Waals surface area contributed by atoms with Crippen LogP contribution in [0.5, 0.6) is 34.9 Å². The van der Waals surface area contributed by atoms with Crippen molar-refractivity contribution in [3.05, 3.63) is 55.0 Å². The summed E-state index contributed by atoms with van der Waals surface area (Å²) < 4.78 is 32.3. The van der Waals surface area contributed by atoms with E-state index in [-0.39, 0.29) is 17.6 Å². The molecule has 0 radical (unpaired) electrons.